The third-order valence-electron chi connectivity index (χ3n) is 2.77. The molecule has 0 bridgehead atoms. The average Bonchev–Trinajstić information content (AvgIpc) is 2.28. The van der Waals surface area contributed by atoms with Crippen molar-refractivity contribution in [1.82, 2.24) is 0 Å². The van der Waals surface area contributed by atoms with Crippen molar-refractivity contribution in [3.05, 3.63) is 34.9 Å². The third kappa shape index (κ3) is 3.30. The zero-order valence-corrected chi connectivity index (χ0v) is 10.9. The normalized spacial score (nSPS) is 12.6. The lowest BCUT2D eigenvalue weighted by Gasteiger charge is -2.15. The van der Waals surface area contributed by atoms with Crippen LogP contribution in [0.25, 0.3) is 0 Å². The van der Waals surface area contributed by atoms with Crippen LogP contribution in [0.1, 0.15) is 49.5 Å². The van der Waals surface area contributed by atoms with Crippen LogP contribution in [0.15, 0.2) is 18.2 Å². The predicted octanol–water partition coefficient (Wildman–Crippen LogP) is 2.71. The zero-order chi connectivity index (χ0) is 13.0. The maximum Gasteiger partial charge on any atom is 0.339 e. The van der Waals surface area contributed by atoms with Gasteiger partial charge in [0, 0.05) is 0 Å². The van der Waals surface area contributed by atoms with Crippen LogP contribution in [-0.4, -0.2) is 17.7 Å². The fraction of sp³-hybridized carbons (Fsp3) is 0.500. The van der Waals surface area contributed by atoms with Gasteiger partial charge in [0.15, 0.2) is 6.10 Å². The summed E-state index contributed by atoms with van der Waals surface area (Å²) in [5, 5.41) is 9.93. The molecule has 0 fully saturated rings. The highest BCUT2D eigenvalue weighted by Gasteiger charge is 2.21. The summed E-state index contributed by atoms with van der Waals surface area (Å²) in [7, 11) is 0. The average molecular weight is 236 g/mol. The summed E-state index contributed by atoms with van der Waals surface area (Å²) in [6.07, 6.45) is -1.19. The molecule has 3 heteroatoms. The van der Waals surface area contributed by atoms with Crippen LogP contribution < -0.4 is 0 Å². The highest BCUT2D eigenvalue weighted by Crippen LogP contribution is 2.24. The van der Waals surface area contributed by atoms with Gasteiger partial charge < -0.3 is 9.84 Å². The molecule has 0 aliphatic rings. The summed E-state index contributed by atoms with van der Waals surface area (Å²) in [5.74, 6) is -0.222. The first-order chi connectivity index (χ1) is 7.97. The molecule has 1 aromatic rings. The number of carbonyl (C=O) groups excluding carboxylic acids is 1. The highest BCUT2D eigenvalue weighted by molar-refractivity contribution is 5.76. The molecule has 0 radical (unpaired) electrons. The molecule has 3 nitrogen and oxygen atoms in total. The van der Waals surface area contributed by atoms with Crippen LogP contribution in [-0.2, 0) is 9.53 Å². The molecule has 0 heterocycles. The Labute approximate surface area is 102 Å². The van der Waals surface area contributed by atoms with Gasteiger partial charge in [0.25, 0.3) is 0 Å². The first kappa shape index (κ1) is 13.7. The molecule has 1 atom stereocenters. The van der Waals surface area contributed by atoms with E-state index in [-0.39, 0.29) is 6.61 Å². The van der Waals surface area contributed by atoms with Crippen LogP contribution in [0.5, 0.6) is 0 Å². The van der Waals surface area contributed by atoms with E-state index in [9.17, 15) is 9.90 Å². The maximum atomic E-state index is 11.5. The van der Waals surface area contributed by atoms with Gasteiger partial charge in [-0.1, -0.05) is 32.0 Å². The molecule has 0 amide bonds. The monoisotopic (exact) mass is 236 g/mol. The molecular weight excluding hydrogens is 216 g/mol. The minimum absolute atomic E-state index is 0.277. The van der Waals surface area contributed by atoms with E-state index in [1.165, 1.54) is 0 Å². The second kappa shape index (κ2) is 5.82. The lowest BCUT2D eigenvalue weighted by Crippen LogP contribution is -2.16. The Morgan fingerprint density at radius 1 is 1.41 bits per heavy atom. The number of hydrogen-bond acceptors (Lipinski definition) is 3. The van der Waals surface area contributed by atoms with Crippen LogP contribution in [0.2, 0.25) is 0 Å². The molecule has 1 aromatic carbocycles. The Kier molecular flexibility index (Phi) is 4.70. The van der Waals surface area contributed by atoms with Gasteiger partial charge in [-0.2, -0.15) is 0 Å². The summed E-state index contributed by atoms with van der Waals surface area (Å²) in [6.45, 7) is 8.03. The largest absolute Gasteiger partial charge is 0.464 e. The molecule has 94 valence electrons. The van der Waals surface area contributed by atoms with Crippen molar-refractivity contribution in [2.75, 3.05) is 6.61 Å². The highest BCUT2D eigenvalue weighted by atomic mass is 16.5. The van der Waals surface area contributed by atoms with Gasteiger partial charge in [0.2, 0.25) is 0 Å². The topological polar surface area (TPSA) is 46.5 Å². The third-order valence-corrected chi connectivity index (χ3v) is 2.77. The Hall–Kier alpha value is -1.35. The molecule has 0 aromatic heterocycles. The number of hydrogen-bond donors (Lipinski definition) is 1. The molecule has 0 saturated heterocycles. The smallest absolute Gasteiger partial charge is 0.339 e. The van der Waals surface area contributed by atoms with Crippen molar-refractivity contribution in [1.29, 1.82) is 0 Å². The molecule has 1 N–H and O–H groups in total. The number of carbonyl (C=O) groups is 1. The van der Waals surface area contributed by atoms with Crippen molar-refractivity contribution in [2.24, 2.45) is 0 Å². The second-order valence-electron chi connectivity index (χ2n) is 4.43. The van der Waals surface area contributed by atoms with Gasteiger partial charge in [-0.15, -0.1) is 0 Å². The van der Waals surface area contributed by atoms with Gasteiger partial charge in [-0.05, 0) is 36.5 Å². The van der Waals surface area contributed by atoms with Gasteiger partial charge in [0.05, 0.1) is 6.61 Å². The molecule has 0 spiro atoms. The molecule has 0 saturated carbocycles. The number of benzene rings is 1. The van der Waals surface area contributed by atoms with E-state index in [0.29, 0.717) is 11.5 Å². The van der Waals surface area contributed by atoms with E-state index in [2.05, 4.69) is 13.8 Å². The quantitative estimate of drug-likeness (QED) is 0.818. The van der Waals surface area contributed by atoms with Crippen molar-refractivity contribution >= 4 is 5.97 Å². The second-order valence-corrected chi connectivity index (χ2v) is 4.43. The minimum atomic E-state index is -1.19. The van der Waals surface area contributed by atoms with E-state index >= 15 is 0 Å². The molecule has 1 rings (SSSR count). The van der Waals surface area contributed by atoms with Gasteiger partial charge >= 0.3 is 5.97 Å². The van der Waals surface area contributed by atoms with E-state index < -0.39 is 12.1 Å². The van der Waals surface area contributed by atoms with Crippen LogP contribution in [0.3, 0.4) is 0 Å². The van der Waals surface area contributed by atoms with E-state index in [0.717, 1.165) is 11.1 Å². The number of rotatable bonds is 4. The fourth-order valence-electron chi connectivity index (χ4n) is 1.66. The number of esters is 1. The Morgan fingerprint density at radius 3 is 2.59 bits per heavy atom. The van der Waals surface area contributed by atoms with E-state index in [1.807, 2.05) is 25.1 Å². The zero-order valence-electron chi connectivity index (χ0n) is 10.9. The number of aryl methyl sites for hydroxylation is 1. The van der Waals surface area contributed by atoms with Crippen molar-refractivity contribution < 1.29 is 14.6 Å². The van der Waals surface area contributed by atoms with Crippen molar-refractivity contribution in [3.8, 4) is 0 Å². The van der Waals surface area contributed by atoms with Gasteiger partial charge in [-0.25, -0.2) is 4.79 Å². The first-order valence-corrected chi connectivity index (χ1v) is 5.92. The summed E-state index contributed by atoms with van der Waals surface area (Å²) in [4.78, 5) is 11.5. The summed E-state index contributed by atoms with van der Waals surface area (Å²) in [6, 6.07) is 5.82. The fourth-order valence-corrected chi connectivity index (χ4v) is 1.66. The number of ether oxygens (including phenoxy) is 1. The lowest BCUT2D eigenvalue weighted by molar-refractivity contribution is -0.153. The standard InChI is InChI=1S/C14H20O3/c1-5-17-14(16)13(15)12-8-11(9(2)3)7-6-10(12)4/h6-9,13,15H,5H2,1-4H3. The Balaban J connectivity index is 3.03. The Morgan fingerprint density at radius 2 is 2.06 bits per heavy atom. The maximum absolute atomic E-state index is 11.5. The Bertz CT molecular complexity index is 396. The lowest BCUT2D eigenvalue weighted by atomic mass is 9.95. The molecule has 0 aliphatic carbocycles. The van der Waals surface area contributed by atoms with Gasteiger partial charge in [-0.3, -0.25) is 0 Å². The van der Waals surface area contributed by atoms with Crippen molar-refractivity contribution in [2.45, 2.75) is 39.7 Å². The van der Waals surface area contributed by atoms with Gasteiger partial charge in [0.1, 0.15) is 0 Å². The molecule has 0 aliphatic heterocycles. The molecule has 1 unspecified atom stereocenters. The SMILES string of the molecule is CCOC(=O)C(O)c1cc(C(C)C)ccc1C. The number of aliphatic hydroxyl groups is 1. The van der Waals surface area contributed by atoms with Crippen LogP contribution >= 0.6 is 0 Å². The summed E-state index contributed by atoms with van der Waals surface area (Å²) in [5.41, 5.74) is 2.64. The van der Waals surface area contributed by atoms with E-state index in [1.54, 1.807) is 6.92 Å². The van der Waals surface area contributed by atoms with Crippen molar-refractivity contribution in [3.63, 3.8) is 0 Å². The predicted molar refractivity (Wildman–Crippen MR) is 66.9 cm³/mol. The molecular formula is C14H20O3. The minimum Gasteiger partial charge on any atom is -0.464 e. The summed E-state index contributed by atoms with van der Waals surface area (Å²) < 4.78 is 4.82. The van der Waals surface area contributed by atoms with Crippen LogP contribution in [0.4, 0.5) is 0 Å². The first-order valence-electron chi connectivity index (χ1n) is 5.92. The number of aliphatic hydroxyl groups excluding tert-OH is 1. The summed E-state index contributed by atoms with van der Waals surface area (Å²) >= 11 is 0. The van der Waals surface area contributed by atoms with E-state index in [4.69, 9.17) is 4.74 Å². The molecule has 17 heavy (non-hydrogen) atoms. The van der Waals surface area contributed by atoms with Crippen LogP contribution in [0, 0.1) is 6.92 Å².